The maximum atomic E-state index is 13.2. The number of anilines is 1. The van der Waals surface area contributed by atoms with Crippen molar-refractivity contribution in [1.29, 1.82) is 0 Å². The molecule has 0 bridgehead atoms. The maximum Gasteiger partial charge on any atom is 0.416 e. The standard InChI is InChI=1S/C33H26F3N3O2/c1-20-7-9-22(10-8-20)21(2)37-31(40)25-13-17-29-24(19-25)14-18-30(38-29)39-32(41)28-6-4-3-5-27(28)23-11-15-26(16-12-23)33(34,35)36/h3-19,21H,1-2H3,(H,37,40)(H,38,39,41)/t21-/m1/s1. The van der Waals surface area contributed by atoms with Crippen LogP contribution >= 0.6 is 0 Å². The van der Waals surface area contributed by atoms with E-state index in [-0.39, 0.29) is 11.9 Å². The van der Waals surface area contributed by atoms with Gasteiger partial charge in [0.25, 0.3) is 11.8 Å². The average Bonchev–Trinajstić information content (AvgIpc) is 2.96. The number of benzene rings is 4. The van der Waals surface area contributed by atoms with Crippen molar-refractivity contribution in [3.05, 3.63) is 131 Å². The Morgan fingerprint density at radius 3 is 2.22 bits per heavy atom. The van der Waals surface area contributed by atoms with Gasteiger partial charge in [-0.15, -0.1) is 0 Å². The first-order valence-electron chi connectivity index (χ1n) is 12.9. The van der Waals surface area contributed by atoms with Crippen molar-refractivity contribution in [3.8, 4) is 11.1 Å². The summed E-state index contributed by atoms with van der Waals surface area (Å²) in [6.45, 7) is 3.94. The number of rotatable bonds is 6. The third-order valence-electron chi connectivity index (χ3n) is 6.81. The van der Waals surface area contributed by atoms with Gasteiger partial charge in [-0.1, -0.05) is 60.2 Å². The lowest BCUT2D eigenvalue weighted by Gasteiger charge is -2.15. The lowest BCUT2D eigenvalue weighted by atomic mass is 9.98. The van der Waals surface area contributed by atoms with E-state index in [0.29, 0.717) is 33.6 Å². The van der Waals surface area contributed by atoms with E-state index in [1.807, 2.05) is 38.1 Å². The second-order valence-corrected chi connectivity index (χ2v) is 9.78. The van der Waals surface area contributed by atoms with Crippen molar-refractivity contribution in [2.75, 3.05) is 5.32 Å². The van der Waals surface area contributed by atoms with Crippen LogP contribution in [0.5, 0.6) is 0 Å². The van der Waals surface area contributed by atoms with Gasteiger partial charge in [0.15, 0.2) is 0 Å². The normalized spacial score (nSPS) is 12.1. The minimum Gasteiger partial charge on any atom is -0.346 e. The van der Waals surface area contributed by atoms with Crippen molar-refractivity contribution in [1.82, 2.24) is 10.3 Å². The van der Waals surface area contributed by atoms with E-state index in [9.17, 15) is 22.8 Å². The Labute approximate surface area is 235 Å². The van der Waals surface area contributed by atoms with E-state index in [1.165, 1.54) is 12.1 Å². The Morgan fingerprint density at radius 2 is 1.51 bits per heavy atom. The summed E-state index contributed by atoms with van der Waals surface area (Å²) in [6, 6.07) is 27.7. The SMILES string of the molecule is Cc1ccc([C@@H](C)NC(=O)c2ccc3nc(NC(=O)c4ccccc4-c4ccc(C(F)(F)F)cc4)ccc3c2)cc1. The van der Waals surface area contributed by atoms with Crippen LogP contribution in [0.3, 0.4) is 0 Å². The number of aromatic nitrogens is 1. The highest BCUT2D eigenvalue weighted by atomic mass is 19.4. The molecule has 0 saturated carbocycles. The molecule has 0 radical (unpaired) electrons. The van der Waals surface area contributed by atoms with Crippen molar-refractivity contribution in [3.63, 3.8) is 0 Å². The fraction of sp³-hybridized carbons (Fsp3) is 0.121. The topological polar surface area (TPSA) is 71.1 Å². The summed E-state index contributed by atoms with van der Waals surface area (Å²) >= 11 is 0. The summed E-state index contributed by atoms with van der Waals surface area (Å²) in [5, 5.41) is 6.51. The fourth-order valence-corrected chi connectivity index (χ4v) is 4.51. The number of carbonyl (C=O) groups excluding carboxylic acids is 2. The molecular formula is C33H26F3N3O2. The van der Waals surface area contributed by atoms with Crippen LogP contribution in [0.25, 0.3) is 22.0 Å². The molecule has 206 valence electrons. The predicted octanol–water partition coefficient (Wildman–Crippen LogP) is 7.97. The number of halogens is 3. The zero-order valence-electron chi connectivity index (χ0n) is 22.3. The molecule has 1 heterocycles. The van der Waals surface area contributed by atoms with Gasteiger partial charge in [-0.3, -0.25) is 9.59 Å². The predicted molar refractivity (Wildman–Crippen MR) is 154 cm³/mol. The number of fused-ring (bicyclic) bond motifs is 1. The first kappa shape index (κ1) is 27.6. The van der Waals surface area contributed by atoms with Gasteiger partial charge in [-0.25, -0.2) is 4.98 Å². The third-order valence-corrected chi connectivity index (χ3v) is 6.81. The Bertz CT molecular complexity index is 1730. The number of aryl methyl sites for hydroxylation is 1. The van der Waals surface area contributed by atoms with Gasteiger partial charge >= 0.3 is 6.18 Å². The summed E-state index contributed by atoms with van der Waals surface area (Å²) in [4.78, 5) is 30.6. The van der Waals surface area contributed by atoms with Crippen LogP contribution in [-0.2, 0) is 6.18 Å². The molecule has 5 rings (SSSR count). The van der Waals surface area contributed by atoms with E-state index in [0.717, 1.165) is 28.6 Å². The maximum absolute atomic E-state index is 13.2. The highest BCUT2D eigenvalue weighted by molar-refractivity contribution is 6.08. The zero-order valence-corrected chi connectivity index (χ0v) is 22.3. The van der Waals surface area contributed by atoms with Gasteiger partial charge in [0.1, 0.15) is 5.82 Å². The Hall–Kier alpha value is -4.98. The molecule has 5 nitrogen and oxygen atoms in total. The van der Waals surface area contributed by atoms with Gasteiger partial charge in [0, 0.05) is 16.5 Å². The Kier molecular flexibility index (Phi) is 7.57. The number of amides is 2. The zero-order chi connectivity index (χ0) is 29.1. The minimum atomic E-state index is -4.44. The van der Waals surface area contributed by atoms with E-state index < -0.39 is 17.6 Å². The highest BCUT2D eigenvalue weighted by Gasteiger charge is 2.30. The molecule has 5 aromatic rings. The molecule has 4 aromatic carbocycles. The van der Waals surface area contributed by atoms with Crippen LogP contribution < -0.4 is 10.6 Å². The Balaban J connectivity index is 1.31. The molecule has 1 atom stereocenters. The number of pyridine rings is 1. The summed E-state index contributed by atoms with van der Waals surface area (Å²) in [5.74, 6) is -0.361. The number of alkyl halides is 3. The summed E-state index contributed by atoms with van der Waals surface area (Å²) in [6.07, 6.45) is -4.44. The molecule has 0 unspecified atom stereocenters. The van der Waals surface area contributed by atoms with Crippen molar-refractivity contribution < 1.29 is 22.8 Å². The fourth-order valence-electron chi connectivity index (χ4n) is 4.51. The van der Waals surface area contributed by atoms with Crippen LogP contribution in [-0.4, -0.2) is 16.8 Å². The highest BCUT2D eigenvalue weighted by Crippen LogP contribution is 2.32. The van der Waals surface area contributed by atoms with Gasteiger partial charge in [-0.05, 0) is 79.1 Å². The van der Waals surface area contributed by atoms with Crippen LogP contribution in [0, 0.1) is 6.92 Å². The molecular weight excluding hydrogens is 527 g/mol. The summed E-state index contributed by atoms with van der Waals surface area (Å²) < 4.78 is 38.9. The second-order valence-electron chi connectivity index (χ2n) is 9.78. The molecule has 2 amide bonds. The number of hydrogen-bond donors (Lipinski definition) is 2. The second kappa shape index (κ2) is 11.3. The number of nitrogens with one attached hydrogen (secondary N) is 2. The molecule has 41 heavy (non-hydrogen) atoms. The number of hydrogen-bond acceptors (Lipinski definition) is 3. The van der Waals surface area contributed by atoms with E-state index >= 15 is 0 Å². The van der Waals surface area contributed by atoms with Crippen LogP contribution in [0.4, 0.5) is 19.0 Å². The Morgan fingerprint density at radius 1 is 0.805 bits per heavy atom. The molecule has 0 aliphatic rings. The minimum absolute atomic E-state index is 0.167. The average molecular weight is 554 g/mol. The molecule has 2 N–H and O–H groups in total. The van der Waals surface area contributed by atoms with Gasteiger partial charge in [-0.2, -0.15) is 13.2 Å². The van der Waals surface area contributed by atoms with Crippen LogP contribution in [0.1, 0.15) is 50.4 Å². The van der Waals surface area contributed by atoms with Gasteiger partial charge in [0.2, 0.25) is 0 Å². The quantitative estimate of drug-likeness (QED) is 0.224. The van der Waals surface area contributed by atoms with E-state index in [4.69, 9.17) is 0 Å². The van der Waals surface area contributed by atoms with Crippen LogP contribution in [0.15, 0.2) is 103 Å². The van der Waals surface area contributed by atoms with E-state index in [2.05, 4.69) is 15.6 Å². The van der Waals surface area contributed by atoms with Crippen LogP contribution in [0.2, 0.25) is 0 Å². The molecule has 1 aromatic heterocycles. The molecule has 0 aliphatic carbocycles. The number of carbonyl (C=O) groups is 2. The third kappa shape index (κ3) is 6.27. The lowest BCUT2D eigenvalue weighted by Crippen LogP contribution is -2.26. The lowest BCUT2D eigenvalue weighted by molar-refractivity contribution is -0.137. The van der Waals surface area contributed by atoms with Crippen molar-refractivity contribution >= 4 is 28.5 Å². The first-order valence-corrected chi connectivity index (χ1v) is 12.9. The first-order chi connectivity index (χ1) is 19.6. The van der Waals surface area contributed by atoms with Gasteiger partial charge in [0.05, 0.1) is 17.1 Å². The smallest absolute Gasteiger partial charge is 0.346 e. The summed E-state index contributed by atoms with van der Waals surface area (Å²) in [7, 11) is 0. The molecule has 8 heteroatoms. The molecule has 0 aliphatic heterocycles. The summed E-state index contributed by atoms with van der Waals surface area (Å²) in [5.41, 5.74) is 3.74. The monoisotopic (exact) mass is 553 g/mol. The number of nitrogens with zero attached hydrogens (tertiary/aromatic N) is 1. The molecule has 0 spiro atoms. The molecule has 0 fully saturated rings. The molecule has 0 saturated heterocycles. The van der Waals surface area contributed by atoms with Crippen molar-refractivity contribution in [2.24, 2.45) is 0 Å². The van der Waals surface area contributed by atoms with Gasteiger partial charge < -0.3 is 10.6 Å². The van der Waals surface area contributed by atoms with E-state index in [1.54, 1.807) is 54.6 Å². The largest absolute Gasteiger partial charge is 0.416 e. The van der Waals surface area contributed by atoms with Crippen molar-refractivity contribution in [2.45, 2.75) is 26.1 Å².